The van der Waals surface area contributed by atoms with E-state index in [0.29, 0.717) is 17.1 Å². The molecule has 0 aromatic heterocycles. The number of hydrogen-bond acceptors (Lipinski definition) is 3. The second-order valence-electron chi connectivity index (χ2n) is 6.91. The van der Waals surface area contributed by atoms with Crippen LogP contribution in [0.25, 0.3) is 0 Å². The molecule has 1 atom stereocenters. The third-order valence-corrected chi connectivity index (χ3v) is 4.53. The van der Waals surface area contributed by atoms with Crippen LogP contribution < -0.4 is 16.0 Å². The molecule has 3 amide bonds. The first-order valence-electron chi connectivity index (χ1n) is 9.14. The number of amides is 3. The molecular formula is C21H23Cl2N3O3. The van der Waals surface area contributed by atoms with E-state index in [1.165, 1.54) is 12.1 Å². The van der Waals surface area contributed by atoms with Gasteiger partial charge in [-0.3, -0.25) is 14.4 Å². The third-order valence-electron chi connectivity index (χ3n) is 3.99. The predicted octanol–water partition coefficient (Wildman–Crippen LogP) is 3.89. The fraction of sp³-hybridized carbons (Fsp3) is 0.286. The summed E-state index contributed by atoms with van der Waals surface area (Å²) in [5, 5.41) is 8.55. The molecule has 0 bridgehead atoms. The van der Waals surface area contributed by atoms with Gasteiger partial charge in [0, 0.05) is 10.7 Å². The van der Waals surface area contributed by atoms with Crippen LogP contribution in [0.15, 0.2) is 48.5 Å². The number of anilines is 1. The van der Waals surface area contributed by atoms with Crippen LogP contribution in [0.3, 0.4) is 0 Å². The number of carbonyl (C=O) groups excluding carboxylic acids is 3. The third kappa shape index (κ3) is 7.40. The minimum absolute atomic E-state index is 0.143. The highest BCUT2D eigenvalue weighted by molar-refractivity contribution is 6.36. The molecule has 0 radical (unpaired) electrons. The molecule has 2 aromatic carbocycles. The minimum atomic E-state index is -0.807. The Balaban J connectivity index is 1.98. The maximum atomic E-state index is 12.6. The van der Waals surface area contributed by atoms with E-state index in [9.17, 15) is 14.4 Å². The lowest BCUT2D eigenvalue weighted by molar-refractivity contribution is -0.125. The van der Waals surface area contributed by atoms with Crippen LogP contribution in [0.5, 0.6) is 0 Å². The fourth-order valence-corrected chi connectivity index (χ4v) is 3.12. The number of hydrogen-bond donors (Lipinski definition) is 3. The second kappa shape index (κ2) is 10.8. The zero-order chi connectivity index (χ0) is 21.4. The molecule has 8 heteroatoms. The first-order chi connectivity index (χ1) is 13.8. The predicted molar refractivity (Wildman–Crippen MR) is 115 cm³/mol. The number of para-hydroxylation sites is 1. The van der Waals surface area contributed by atoms with Gasteiger partial charge in [-0.2, -0.15) is 0 Å². The van der Waals surface area contributed by atoms with Gasteiger partial charge in [0.2, 0.25) is 11.8 Å². The van der Waals surface area contributed by atoms with Crippen molar-refractivity contribution in [2.24, 2.45) is 5.92 Å². The van der Waals surface area contributed by atoms with E-state index < -0.39 is 17.9 Å². The zero-order valence-corrected chi connectivity index (χ0v) is 17.7. The Morgan fingerprint density at radius 3 is 2.31 bits per heavy atom. The van der Waals surface area contributed by atoms with E-state index in [-0.39, 0.29) is 29.0 Å². The number of nitrogens with one attached hydrogen (secondary N) is 3. The molecule has 0 fully saturated rings. The van der Waals surface area contributed by atoms with Gasteiger partial charge in [0.1, 0.15) is 6.04 Å². The molecule has 2 aromatic rings. The first-order valence-corrected chi connectivity index (χ1v) is 9.90. The van der Waals surface area contributed by atoms with Crippen molar-refractivity contribution in [1.29, 1.82) is 0 Å². The van der Waals surface area contributed by atoms with Gasteiger partial charge in [-0.05, 0) is 42.7 Å². The number of rotatable bonds is 8. The first kappa shape index (κ1) is 22.7. The summed E-state index contributed by atoms with van der Waals surface area (Å²) in [6.07, 6.45) is 0.406. The molecule has 3 N–H and O–H groups in total. The quantitative estimate of drug-likeness (QED) is 0.587. The Labute approximate surface area is 180 Å². The van der Waals surface area contributed by atoms with Crippen molar-refractivity contribution in [3.8, 4) is 0 Å². The number of halogens is 2. The van der Waals surface area contributed by atoms with Crippen LogP contribution >= 0.6 is 23.2 Å². The minimum Gasteiger partial charge on any atom is -0.345 e. The Bertz CT molecular complexity index is 873. The lowest BCUT2D eigenvalue weighted by atomic mass is 10.0. The van der Waals surface area contributed by atoms with Crippen LogP contribution in [-0.4, -0.2) is 30.3 Å². The van der Waals surface area contributed by atoms with Gasteiger partial charge in [-0.15, -0.1) is 0 Å². The topological polar surface area (TPSA) is 87.3 Å². The van der Waals surface area contributed by atoms with Crippen LogP contribution in [-0.2, 0) is 9.59 Å². The van der Waals surface area contributed by atoms with Crippen molar-refractivity contribution in [3.05, 3.63) is 64.1 Å². The average molecular weight is 436 g/mol. The van der Waals surface area contributed by atoms with Crippen LogP contribution in [0.4, 0.5) is 5.69 Å². The molecule has 0 spiro atoms. The molecule has 0 saturated heterocycles. The van der Waals surface area contributed by atoms with Gasteiger partial charge in [0.25, 0.3) is 5.91 Å². The van der Waals surface area contributed by atoms with Crippen molar-refractivity contribution >= 4 is 46.6 Å². The van der Waals surface area contributed by atoms with Crippen molar-refractivity contribution in [3.63, 3.8) is 0 Å². The lowest BCUT2D eigenvalue weighted by Gasteiger charge is -2.20. The van der Waals surface area contributed by atoms with Gasteiger partial charge in [0.05, 0.1) is 17.1 Å². The fourth-order valence-electron chi connectivity index (χ4n) is 2.63. The van der Waals surface area contributed by atoms with E-state index in [1.54, 1.807) is 30.3 Å². The largest absolute Gasteiger partial charge is 0.345 e. The SMILES string of the molecule is CC(C)CC(NC(=O)c1ccc(Cl)cc1Cl)C(=O)NCC(=O)Nc1ccccc1. The van der Waals surface area contributed by atoms with Crippen LogP contribution in [0.2, 0.25) is 10.0 Å². The van der Waals surface area contributed by atoms with Crippen molar-refractivity contribution in [2.75, 3.05) is 11.9 Å². The smallest absolute Gasteiger partial charge is 0.253 e. The molecular weight excluding hydrogens is 413 g/mol. The summed E-state index contributed by atoms with van der Waals surface area (Å²) in [6, 6.07) is 12.6. The zero-order valence-electron chi connectivity index (χ0n) is 16.2. The average Bonchev–Trinajstić information content (AvgIpc) is 2.66. The molecule has 2 rings (SSSR count). The van der Waals surface area contributed by atoms with Crippen LogP contribution in [0.1, 0.15) is 30.6 Å². The van der Waals surface area contributed by atoms with E-state index in [2.05, 4.69) is 16.0 Å². The molecule has 6 nitrogen and oxygen atoms in total. The van der Waals surface area contributed by atoms with E-state index in [4.69, 9.17) is 23.2 Å². The van der Waals surface area contributed by atoms with Gasteiger partial charge in [-0.25, -0.2) is 0 Å². The second-order valence-corrected chi connectivity index (χ2v) is 7.76. The summed E-state index contributed by atoms with van der Waals surface area (Å²) in [7, 11) is 0. The summed E-state index contributed by atoms with van der Waals surface area (Å²) >= 11 is 11.9. The molecule has 0 aliphatic heterocycles. The van der Waals surface area contributed by atoms with Gasteiger partial charge >= 0.3 is 0 Å². The molecule has 0 aliphatic carbocycles. The molecule has 154 valence electrons. The lowest BCUT2D eigenvalue weighted by Crippen LogP contribution is -2.49. The number of carbonyl (C=O) groups is 3. The van der Waals surface area contributed by atoms with Crippen LogP contribution in [0, 0.1) is 5.92 Å². The molecule has 1 unspecified atom stereocenters. The normalized spacial score (nSPS) is 11.6. The van der Waals surface area contributed by atoms with Crippen molar-refractivity contribution in [1.82, 2.24) is 10.6 Å². The highest BCUT2D eigenvalue weighted by Gasteiger charge is 2.24. The standard InChI is InChI=1S/C21H23Cl2N3O3/c1-13(2)10-18(26-20(28)16-9-8-14(22)11-17(16)23)21(29)24-12-19(27)25-15-6-4-3-5-7-15/h3-9,11,13,18H,10,12H2,1-2H3,(H,24,29)(H,25,27)(H,26,28). The van der Waals surface area contributed by atoms with Crippen molar-refractivity contribution < 1.29 is 14.4 Å². The summed E-state index contributed by atoms with van der Waals surface area (Å²) in [5.74, 6) is -1.15. The Morgan fingerprint density at radius 2 is 1.69 bits per heavy atom. The highest BCUT2D eigenvalue weighted by Crippen LogP contribution is 2.21. The molecule has 0 aliphatic rings. The summed E-state index contributed by atoms with van der Waals surface area (Å²) < 4.78 is 0. The highest BCUT2D eigenvalue weighted by atomic mass is 35.5. The summed E-state index contributed by atoms with van der Waals surface area (Å²) in [6.45, 7) is 3.66. The van der Waals surface area contributed by atoms with Gasteiger partial charge in [-0.1, -0.05) is 55.2 Å². The maximum Gasteiger partial charge on any atom is 0.253 e. The van der Waals surface area contributed by atoms with E-state index in [0.717, 1.165) is 0 Å². The summed E-state index contributed by atoms with van der Waals surface area (Å²) in [4.78, 5) is 37.2. The van der Waals surface area contributed by atoms with Gasteiger partial charge < -0.3 is 16.0 Å². The van der Waals surface area contributed by atoms with E-state index >= 15 is 0 Å². The Hall–Kier alpha value is -2.57. The molecule has 0 heterocycles. The Morgan fingerprint density at radius 1 is 1.00 bits per heavy atom. The monoisotopic (exact) mass is 435 g/mol. The van der Waals surface area contributed by atoms with E-state index in [1.807, 2.05) is 19.9 Å². The molecule has 0 saturated carbocycles. The number of benzene rings is 2. The maximum absolute atomic E-state index is 12.6. The van der Waals surface area contributed by atoms with Gasteiger partial charge in [0.15, 0.2) is 0 Å². The summed E-state index contributed by atoms with van der Waals surface area (Å²) in [5.41, 5.74) is 0.857. The molecule has 29 heavy (non-hydrogen) atoms. The van der Waals surface area contributed by atoms with Crippen molar-refractivity contribution in [2.45, 2.75) is 26.3 Å². The Kier molecular flexibility index (Phi) is 8.49.